The Kier molecular flexibility index (Phi) is 4.93. The number of carboxylic acid groups (broad SMARTS) is 1. The predicted octanol–water partition coefficient (Wildman–Crippen LogP) is 3.60. The maximum atomic E-state index is 11.7. The van der Waals surface area contributed by atoms with Crippen molar-refractivity contribution in [3.8, 4) is 0 Å². The first kappa shape index (κ1) is 15.9. The standard InChI is InChI=1S/C16H21NO3S/c1-4-12(15(18)19)14-7-5-10-9-11(6-8-13(10)14)21-16(20)17(2)3/h6,8-9,12,14H,4-5,7H2,1-3H3,(H,18,19)/t12?,14-/m0/s1. The van der Waals surface area contributed by atoms with E-state index < -0.39 is 5.97 Å². The van der Waals surface area contributed by atoms with Gasteiger partial charge in [-0.1, -0.05) is 13.0 Å². The van der Waals surface area contributed by atoms with Gasteiger partial charge in [0.2, 0.25) is 0 Å². The number of carboxylic acids is 1. The molecule has 1 unspecified atom stereocenters. The van der Waals surface area contributed by atoms with Gasteiger partial charge in [-0.25, -0.2) is 0 Å². The summed E-state index contributed by atoms with van der Waals surface area (Å²) in [5.74, 6) is -0.921. The van der Waals surface area contributed by atoms with Crippen molar-refractivity contribution in [3.05, 3.63) is 29.3 Å². The molecule has 0 saturated heterocycles. The largest absolute Gasteiger partial charge is 0.481 e. The number of aryl methyl sites for hydroxylation is 1. The second-order valence-corrected chi connectivity index (χ2v) is 6.65. The summed E-state index contributed by atoms with van der Waals surface area (Å²) in [5.41, 5.74) is 2.34. The van der Waals surface area contributed by atoms with Crippen molar-refractivity contribution >= 4 is 23.0 Å². The zero-order valence-corrected chi connectivity index (χ0v) is 13.4. The van der Waals surface area contributed by atoms with E-state index >= 15 is 0 Å². The molecule has 2 rings (SSSR count). The van der Waals surface area contributed by atoms with Crippen LogP contribution in [0.15, 0.2) is 23.1 Å². The first-order valence-electron chi connectivity index (χ1n) is 7.18. The van der Waals surface area contributed by atoms with Crippen LogP contribution in [0.25, 0.3) is 0 Å². The number of nitrogens with zero attached hydrogens (tertiary/aromatic N) is 1. The second-order valence-electron chi connectivity index (χ2n) is 5.62. The molecule has 0 bridgehead atoms. The van der Waals surface area contributed by atoms with Crippen molar-refractivity contribution in [1.29, 1.82) is 0 Å². The van der Waals surface area contributed by atoms with E-state index in [1.807, 2.05) is 25.1 Å². The van der Waals surface area contributed by atoms with Gasteiger partial charge in [0.15, 0.2) is 0 Å². The summed E-state index contributed by atoms with van der Waals surface area (Å²) in [5, 5.41) is 9.34. The zero-order chi connectivity index (χ0) is 15.6. The van der Waals surface area contributed by atoms with Crippen LogP contribution in [0.4, 0.5) is 4.79 Å². The zero-order valence-electron chi connectivity index (χ0n) is 12.6. The van der Waals surface area contributed by atoms with E-state index in [1.54, 1.807) is 19.0 Å². The summed E-state index contributed by atoms with van der Waals surface area (Å²) < 4.78 is 0. The third-order valence-corrected chi connectivity index (χ3v) is 5.08. The van der Waals surface area contributed by atoms with Crippen molar-refractivity contribution in [1.82, 2.24) is 4.90 Å². The van der Waals surface area contributed by atoms with Crippen LogP contribution < -0.4 is 0 Å². The highest BCUT2D eigenvalue weighted by atomic mass is 32.2. The molecule has 2 atom stereocenters. The monoisotopic (exact) mass is 307 g/mol. The molecule has 1 aromatic carbocycles. The number of rotatable bonds is 4. The number of amides is 1. The van der Waals surface area contributed by atoms with Crippen LogP contribution in [0.2, 0.25) is 0 Å². The van der Waals surface area contributed by atoms with Gasteiger partial charge >= 0.3 is 5.97 Å². The number of carbonyl (C=O) groups is 2. The van der Waals surface area contributed by atoms with Crippen LogP contribution >= 0.6 is 11.8 Å². The molecular formula is C16H21NO3S. The van der Waals surface area contributed by atoms with Crippen LogP contribution in [0.3, 0.4) is 0 Å². The summed E-state index contributed by atoms with van der Waals surface area (Å²) in [6, 6.07) is 5.97. The minimum atomic E-state index is -0.711. The van der Waals surface area contributed by atoms with Gasteiger partial charge in [-0.05, 0) is 60.2 Å². The Balaban J connectivity index is 2.20. The lowest BCUT2D eigenvalue weighted by Crippen LogP contribution is -2.19. The molecule has 1 aliphatic rings. The Hall–Kier alpha value is -1.49. The lowest BCUT2D eigenvalue weighted by Gasteiger charge is -2.19. The van der Waals surface area contributed by atoms with Gasteiger partial charge in [-0.2, -0.15) is 0 Å². The summed E-state index contributed by atoms with van der Waals surface area (Å²) in [6.07, 6.45) is 2.43. The fraction of sp³-hybridized carbons (Fsp3) is 0.500. The van der Waals surface area contributed by atoms with Crippen molar-refractivity contribution < 1.29 is 14.7 Å². The van der Waals surface area contributed by atoms with Gasteiger partial charge in [0.05, 0.1) is 5.92 Å². The third kappa shape index (κ3) is 3.40. The summed E-state index contributed by atoms with van der Waals surface area (Å²) >= 11 is 1.21. The highest BCUT2D eigenvalue weighted by Crippen LogP contribution is 2.41. The molecule has 4 nitrogen and oxygen atoms in total. The van der Waals surface area contributed by atoms with E-state index in [2.05, 4.69) is 0 Å². The minimum Gasteiger partial charge on any atom is -0.481 e. The van der Waals surface area contributed by atoms with Crippen molar-refractivity contribution in [2.45, 2.75) is 37.0 Å². The highest BCUT2D eigenvalue weighted by Gasteiger charge is 2.33. The maximum Gasteiger partial charge on any atom is 0.307 e. The van der Waals surface area contributed by atoms with Crippen molar-refractivity contribution in [2.75, 3.05) is 14.1 Å². The lowest BCUT2D eigenvalue weighted by molar-refractivity contribution is -0.142. The molecule has 0 spiro atoms. The van der Waals surface area contributed by atoms with Crippen LogP contribution in [-0.4, -0.2) is 35.3 Å². The molecule has 0 aromatic heterocycles. The van der Waals surface area contributed by atoms with E-state index in [4.69, 9.17) is 0 Å². The molecule has 5 heteroatoms. The van der Waals surface area contributed by atoms with Crippen LogP contribution in [-0.2, 0) is 11.2 Å². The molecule has 0 radical (unpaired) electrons. The van der Waals surface area contributed by atoms with Gasteiger partial charge in [0.25, 0.3) is 5.24 Å². The van der Waals surface area contributed by atoms with Gasteiger partial charge < -0.3 is 10.0 Å². The van der Waals surface area contributed by atoms with Gasteiger partial charge in [-0.15, -0.1) is 0 Å². The summed E-state index contributed by atoms with van der Waals surface area (Å²) in [4.78, 5) is 25.6. The SMILES string of the molecule is CCC(C(=O)O)[C@@H]1CCc2cc(SC(=O)N(C)C)ccc21. The Morgan fingerprint density at radius 3 is 2.71 bits per heavy atom. The molecule has 0 saturated carbocycles. The molecule has 1 aromatic rings. The molecular weight excluding hydrogens is 286 g/mol. The topological polar surface area (TPSA) is 57.6 Å². The predicted molar refractivity (Wildman–Crippen MR) is 83.9 cm³/mol. The average Bonchev–Trinajstić information content (AvgIpc) is 2.82. The second kappa shape index (κ2) is 6.52. The normalized spacial score (nSPS) is 18.1. The number of hydrogen-bond donors (Lipinski definition) is 1. The van der Waals surface area contributed by atoms with Crippen molar-refractivity contribution in [3.63, 3.8) is 0 Å². The van der Waals surface area contributed by atoms with E-state index in [0.717, 1.165) is 23.3 Å². The molecule has 114 valence electrons. The van der Waals surface area contributed by atoms with E-state index in [9.17, 15) is 14.7 Å². The summed E-state index contributed by atoms with van der Waals surface area (Å²) in [6.45, 7) is 1.93. The number of fused-ring (bicyclic) bond motifs is 1. The third-order valence-electron chi connectivity index (χ3n) is 4.05. The molecule has 0 fully saturated rings. The van der Waals surface area contributed by atoms with E-state index in [0.29, 0.717) is 6.42 Å². The average molecular weight is 307 g/mol. The summed E-state index contributed by atoms with van der Waals surface area (Å²) in [7, 11) is 3.47. The Morgan fingerprint density at radius 1 is 1.43 bits per heavy atom. The molecule has 1 N–H and O–H groups in total. The molecule has 21 heavy (non-hydrogen) atoms. The van der Waals surface area contributed by atoms with Crippen LogP contribution in [0.1, 0.15) is 36.8 Å². The molecule has 0 aliphatic heterocycles. The van der Waals surface area contributed by atoms with Crippen molar-refractivity contribution in [2.24, 2.45) is 5.92 Å². The quantitative estimate of drug-likeness (QED) is 0.863. The van der Waals surface area contributed by atoms with Gasteiger partial charge in [-0.3, -0.25) is 9.59 Å². The van der Waals surface area contributed by atoms with Crippen LogP contribution in [0.5, 0.6) is 0 Å². The highest BCUT2D eigenvalue weighted by molar-refractivity contribution is 8.13. The first-order valence-corrected chi connectivity index (χ1v) is 8.00. The van der Waals surface area contributed by atoms with Gasteiger partial charge in [0, 0.05) is 19.0 Å². The smallest absolute Gasteiger partial charge is 0.307 e. The maximum absolute atomic E-state index is 11.7. The molecule has 0 heterocycles. The van der Waals surface area contributed by atoms with E-state index in [-0.39, 0.29) is 17.1 Å². The fourth-order valence-electron chi connectivity index (χ4n) is 2.93. The molecule has 1 amide bonds. The van der Waals surface area contributed by atoms with Crippen LogP contribution in [0, 0.1) is 5.92 Å². The fourth-order valence-corrected chi connectivity index (χ4v) is 3.65. The number of hydrogen-bond acceptors (Lipinski definition) is 3. The Bertz CT molecular complexity index is 556. The number of carbonyl (C=O) groups excluding carboxylic acids is 1. The Morgan fingerprint density at radius 2 is 2.14 bits per heavy atom. The molecule has 1 aliphatic carbocycles. The minimum absolute atomic E-state index is 0.00136. The number of benzene rings is 1. The number of aliphatic carboxylic acids is 1. The van der Waals surface area contributed by atoms with Gasteiger partial charge in [0.1, 0.15) is 0 Å². The Labute approximate surface area is 129 Å². The number of thioether (sulfide) groups is 1. The lowest BCUT2D eigenvalue weighted by atomic mass is 9.85. The van der Waals surface area contributed by atoms with E-state index in [1.165, 1.54) is 17.3 Å². The first-order chi connectivity index (χ1) is 9.93.